The molecule has 0 aliphatic heterocycles. The van der Waals surface area contributed by atoms with Crippen molar-refractivity contribution in [3.8, 4) is 11.8 Å². The Balaban J connectivity index is 1.71. The average molecular weight is 383 g/mol. The van der Waals surface area contributed by atoms with Crippen LogP contribution in [0.3, 0.4) is 0 Å². The van der Waals surface area contributed by atoms with E-state index >= 15 is 0 Å². The van der Waals surface area contributed by atoms with Crippen LogP contribution < -0.4 is 10.2 Å². The minimum Gasteiger partial charge on any atom is -0.483 e. The molecule has 1 aliphatic carbocycles. The fourth-order valence-corrected chi connectivity index (χ4v) is 3.86. The van der Waals surface area contributed by atoms with Gasteiger partial charge in [0, 0.05) is 23.7 Å². The molecule has 5 nitrogen and oxygen atoms in total. The maximum absolute atomic E-state index is 14.5. The minimum atomic E-state index is -0.613. The summed E-state index contributed by atoms with van der Waals surface area (Å²) in [4.78, 5) is 16.9. The number of fused-ring (bicyclic) bond motifs is 1. The zero-order valence-electron chi connectivity index (χ0n) is 15.0. The van der Waals surface area contributed by atoms with E-state index in [9.17, 15) is 14.4 Å². The maximum atomic E-state index is 14.5. The summed E-state index contributed by atoms with van der Waals surface area (Å²) < 4.78 is 22.1. The fourth-order valence-electron chi connectivity index (χ4n) is 2.99. The van der Waals surface area contributed by atoms with Gasteiger partial charge in [0.1, 0.15) is 23.2 Å². The number of rotatable bonds is 5. The number of pyridine rings is 1. The lowest BCUT2D eigenvalue weighted by molar-refractivity contribution is 0.290. The summed E-state index contributed by atoms with van der Waals surface area (Å²) >= 11 is 1.48. The van der Waals surface area contributed by atoms with Crippen molar-refractivity contribution in [2.24, 2.45) is 0 Å². The molecule has 7 heteroatoms. The molecule has 1 fully saturated rings. The Labute approximate surface area is 159 Å². The summed E-state index contributed by atoms with van der Waals surface area (Å²) in [7, 11) is 0. The van der Waals surface area contributed by atoms with Gasteiger partial charge in [-0.05, 0) is 24.8 Å². The van der Waals surface area contributed by atoms with E-state index in [0.29, 0.717) is 11.4 Å². The van der Waals surface area contributed by atoms with Crippen LogP contribution in [-0.2, 0) is 6.61 Å². The Morgan fingerprint density at radius 3 is 2.85 bits per heavy atom. The molecule has 2 aromatic heterocycles. The minimum absolute atomic E-state index is 0.0338. The summed E-state index contributed by atoms with van der Waals surface area (Å²) in [6, 6.07) is 4.88. The standard InChI is InChI=1S/C20H18FN3O2S/c1-11(2)16-10-27-19(23-16)9-26-18-6-17-14(5-15(18)21)20(25)12(7-22)8-24(17)13-3-4-13/h5-6,8,10-11,13H,3-4,9H2,1-2H3. The van der Waals surface area contributed by atoms with Gasteiger partial charge in [0.25, 0.3) is 0 Å². The number of hydrogen-bond donors (Lipinski definition) is 0. The van der Waals surface area contributed by atoms with Crippen molar-refractivity contribution in [2.75, 3.05) is 0 Å². The number of aromatic nitrogens is 2. The van der Waals surface area contributed by atoms with Crippen molar-refractivity contribution >= 4 is 22.2 Å². The molecule has 4 rings (SSSR count). The van der Waals surface area contributed by atoms with Crippen molar-refractivity contribution in [1.82, 2.24) is 9.55 Å². The van der Waals surface area contributed by atoms with Crippen molar-refractivity contribution in [2.45, 2.75) is 45.3 Å². The van der Waals surface area contributed by atoms with Crippen LogP contribution in [0.25, 0.3) is 10.9 Å². The highest BCUT2D eigenvalue weighted by Crippen LogP contribution is 2.38. The predicted molar refractivity (Wildman–Crippen MR) is 102 cm³/mol. The molecule has 2 heterocycles. The van der Waals surface area contributed by atoms with Crippen LogP contribution in [0.4, 0.5) is 4.39 Å². The SMILES string of the molecule is CC(C)c1csc(COc2cc3c(cc2F)c(=O)c(C#N)cn3C2CC2)n1. The van der Waals surface area contributed by atoms with Crippen molar-refractivity contribution in [3.05, 3.63) is 56.0 Å². The van der Waals surface area contributed by atoms with Gasteiger partial charge in [0.05, 0.1) is 16.6 Å². The molecule has 0 bridgehead atoms. The van der Waals surface area contributed by atoms with Crippen LogP contribution in [0, 0.1) is 17.1 Å². The summed E-state index contributed by atoms with van der Waals surface area (Å²) in [6.45, 7) is 4.30. The zero-order chi connectivity index (χ0) is 19.1. The Morgan fingerprint density at radius 2 is 2.22 bits per heavy atom. The van der Waals surface area contributed by atoms with Gasteiger partial charge in [0.15, 0.2) is 11.6 Å². The first-order valence-electron chi connectivity index (χ1n) is 8.83. The first kappa shape index (κ1) is 17.7. The lowest BCUT2D eigenvalue weighted by Gasteiger charge is -2.13. The third kappa shape index (κ3) is 3.33. The molecule has 0 N–H and O–H groups in total. The lowest BCUT2D eigenvalue weighted by atomic mass is 10.1. The van der Waals surface area contributed by atoms with Crippen molar-refractivity contribution < 1.29 is 9.13 Å². The molecule has 0 atom stereocenters. The Bertz CT molecular complexity index is 1120. The quantitative estimate of drug-likeness (QED) is 0.650. The van der Waals surface area contributed by atoms with E-state index < -0.39 is 11.2 Å². The summed E-state index contributed by atoms with van der Waals surface area (Å²) in [5.74, 6) is -0.199. The Hall–Kier alpha value is -2.72. The van der Waals surface area contributed by atoms with Crippen molar-refractivity contribution in [1.29, 1.82) is 5.26 Å². The molecular formula is C20H18FN3O2S. The highest BCUT2D eigenvalue weighted by atomic mass is 32.1. The van der Waals surface area contributed by atoms with Crippen LogP contribution in [-0.4, -0.2) is 9.55 Å². The number of thiazole rings is 1. The average Bonchev–Trinajstić information content (AvgIpc) is 3.37. The van der Waals surface area contributed by atoms with Gasteiger partial charge in [0.2, 0.25) is 5.43 Å². The van der Waals surface area contributed by atoms with Crippen LogP contribution in [0.1, 0.15) is 54.9 Å². The van der Waals surface area contributed by atoms with E-state index in [0.717, 1.165) is 23.5 Å². The first-order chi connectivity index (χ1) is 13.0. The fraction of sp³-hybridized carbons (Fsp3) is 0.350. The molecule has 3 aromatic rings. The molecule has 0 amide bonds. The first-order valence-corrected chi connectivity index (χ1v) is 9.71. The molecule has 0 radical (unpaired) electrons. The molecule has 0 unspecified atom stereocenters. The number of nitrogens with zero attached hydrogens (tertiary/aromatic N) is 3. The monoisotopic (exact) mass is 383 g/mol. The predicted octanol–water partition coefficient (Wildman–Crippen LogP) is 4.51. The van der Waals surface area contributed by atoms with Crippen molar-refractivity contribution in [3.63, 3.8) is 0 Å². The highest BCUT2D eigenvalue weighted by Gasteiger charge is 2.26. The van der Waals surface area contributed by atoms with Crippen LogP contribution in [0.2, 0.25) is 0 Å². The molecule has 27 heavy (non-hydrogen) atoms. The largest absolute Gasteiger partial charge is 0.483 e. The normalized spacial score (nSPS) is 13.9. The van der Waals surface area contributed by atoms with Gasteiger partial charge in [-0.1, -0.05) is 13.8 Å². The second-order valence-corrected chi connectivity index (χ2v) is 7.97. The number of ether oxygens (including phenoxy) is 1. The van der Waals surface area contributed by atoms with E-state index in [-0.39, 0.29) is 29.3 Å². The zero-order valence-corrected chi connectivity index (χ0v) is 15.8. The van der Waals surface area contributed by atoms with Gasteiger partial charge >= 0.3 is 0 Å². The second-order valence-electron chi connectivity index (χ2n) is 7.03. The van der Waals surface area contributed by atoms with E-state index in [2.05, 4.69) is 18.8 Å². The molecule has 1 aliphatic rings. The maximum Gasteiger partial charge on any atom is 0.207 e. The van der Waals surface area contributed by atoms with Crippen LogP contribution >= 0.6 is 11.3 Å². The number of halogens is 1. The van der Waals surface area contributed by atoms with E-state index in [1.807, 2.05) is 16.0 Å². The molecule has 0 spiro atoms. The molecule has 0 saturated heterocycles. The van der Waals surface area contributed by atoms with Gasteiger partial charge in [-0.25, -0.2) is 9.37 Å². The number of benzene rings is 1. The smallest absolute Gasteiger partial charge is 0.207 e. The number of nitriles is 1. The third-order valence-electron chi connectivity index (χ3n) is 4.66. The molecule has 1 aromatic carbocycles. The van der Waals surface area contributed by atoms with Gasteiger partial charge in [-0.2, -0.15) is 5.26 Å². The van der Waals surface area contributed by atoms with Gasteiger partial charge < -0.3 is 9.30 Å². The Morgan fingerprint density at radius 1 is 1.44 bits per heavy atom. The van der Waals surface area contributed by atoms with E-state index in [4.69, 9.17) is 4.74 Å². The van der Waals surface area contributed by atoms with E-state index in [1.54, 1.807) is 12.3 Å². The third-order valence-corrected chi connectivity index (χ3v) is 5.50. The highest BCUT2D eigenvalue weighted by molar-refractivity contribution is 7.09. The number of hydrogen-bond acceptors (Lipinski definition) is 5. The Kier molecular flexibility index (Phi) is 4.44. The summed E-state index contributed by atoms with van der Waals surface area (Å²) in [6.07, 6.45) is 3.53. The lowest BCUT2D eigenvalue weighted by Crippen LogP contribution is -2.13. The van der Waals surface area contributed by atoms with E-state index in [1.165, 1.54) is 17.4 Å². The summed E-state index contributed by atoms with van der Waals surface area (Å²) in [5, 5.41) is 12.2. The van der Waals surface area contributed by atoms with Crippen LogP contribution in [0.5, 0.6) is 5.75 Å². The topological polar surface area (TPSA) is 67.9 Å². The van der Waals surface area contributed by atoms with Crippen LogP contribution in [0.15, 0.2) is 28.5 Å². The summed E-state index contributed by atoms with van der Waals surface area (Å²) in [5.41, 5.74) is 1.17. The van der Waals surface area contributed by atoms with Gasteiger partial charge in [-0.15, -0.1) is 11.3 Å². The second kappa shape index (κ2) is 6.78. The molecule has 138 valence electrons. The molecular weight excluding hydrogens is 365 g/mol. The molecule has 1 saturated carbocycles. The van der Waals surface area contributed by atoms with Gasteiger partial charge in [-0.3, -0.25) is 4.79 Å².